The smallest absolute Gasteiger partial charge is 0.355 e. The topological polar surface area (TPSA) is 92.2 Å². The zero-order valence-electron chi connectivity index (χ0n) is 14.4. The molecular formula is C17H22N2O4. The number of ether oxygens (including phenoxy) is 2. The van der Waals surface area contributed by atoms with E-state index in [2.05, 4.69) is 4.98 Å². The van der Waals surface area contributed by atoms with Crippen molar-refractivity contribution in [1.29, 1.82) is 5.26 Å². The van der Waals surface area contributed by atoms with Crippen molar-refractivity contribution >= 4 is 18.0 Å². The number of aromatic nitrogens is 1. The van der Waals surface area contributed by atoms with Crippen LogP contribution in [0.15, 0.2) is 5.57 Å². The molecule has 0 atom stereocenters. The monoisotopic (exact) mass is 318 g/mol. The van der Waals surface area contributed by atoms with E-state index in [1.807, 2.05) is 6.07 Å². The van der Waals surface area contributed by atoms with Gasteiger partial charge in [-0.05, 0) is 58.7 Å². The van der Waals surface area contributed by atoms with Gasteiger partial charge in [0, 0.05) is 5.69 Å². The van der Waals surface area contributed by atoms with Gasteiger partial charge in [0.2, 0.25) is 0 Å². The minimum atomic E-state index is -0.694. The van der Waals surface area contributed by atoms with Crippen LogP contribution >= 0.6 is 0 Å². The Morgan fingerprint density at radius 1 is 1.26 bits per heavy atom. The fraction of sp³-hybridized carbons (Fsp3) is 0.471. The predicted octanol–water partition coefficient (Wildman–Crippen LogP) is 3.06. The molecular weight excluding hydrogens is 296 g/mol. The maximum Gasteiger partial charge on any atom is 0.355 e. The van der Waals surface area contributed by atoms with Gasteiger partial charge in [0.25, 0.3) is 0 Å². The molecule has 1 aromatic rings. The van der Waals surface area contributed by atoms with E-state index < -0.39 is 17.5 Å². The molecule has 1 N–H and O–H groups in total. The van der Waals surface area contributed by atoms with Gasteiger partial charge < -0.3 is 14.5 Å². The van der Waals surface area contributed by atoms with Gasteiger partial charge in [-0.25, -0.2) is 9.59 Å². The highest BCUT2D eigenvalue weighted by molar-refractivity contribution is 5.98. The maximum atomic E-state index is 12.2. The van der Waals surface area contributed by atoms with E-state index in [1.54, 1.807) is 41.5 Å². The summed E-state index contributed by atoms with van der Waals surface area (Å²) in [6.07, 6.45) is 1.38. The van der Waals surface area contributed by atoms with Gasteiger partial charge in [0.1, 0.15) is 22.9 Å². The van der Waals surface area contributed by atoms with Gasteiger partial charge in [0.05, 0.1) is 6.61 Å². The molecule has 0 fully saturated rings. The lowest BCUT2D eigenvalue weighted by atomic mass is 10.1. The summed E-state index contributed by atoms with van der Waals surface area (Å²) in [5.74, 6) is -1.17. The number of hydrogen-bond donors (Lipinski definition) is 1. The highest BCUT2D eigenvalue weighted by Gasteiger charge is 2.23. The molecule has 6 nitrogen and oxygen atoms in total. The Balaban J connectivity index is 3.21. The van der Waals surface area contributed by atoms with Gasteiger partial charge in [-0.15, -0.1) is 0 Å². The summed E-state index contributed by atoms with van der Waals surface area (Å²) < 4.78 is 10.2. The molecule has 0 aliphatic rings. The van der Waals surface area contributed by atoms with Crippen LogP contribution < -0.4 is 0 Å². The zero-order valence-corrected chi connectivity index (χ0v) is 14.4. The summed E-state index contributed by atoms with van der Waals surface area (Å²) in [4.78, 5) is 26.8. The van der Waals surface area contributed by atoms with E-state index in [9.17, 15) is 9.59 Å². The minimum absolute atomic E-state index is 0.132. The third kappa shape index (κ3) is 4.71. The molecule has 0 radical (unpaired) electrons. The molecule has 0 bridgehead atoms. The summed E-state index contributed by atoms with van der Waals surface area (Å²) in [6.45, 7) is 10.8. The Morgan fingerprint density at radius 3 is 2.35 bits per heavy atom. The lowest BCUT2D eigenvalue weighted by molar-refractivity contribution is -0.137. The molecule has 0 saturated carbocycles. The number of esters is 2. The van der Waals surface area contributed by atoms with Crippen LogP contribution in [0, 0.1) is 25.2 Å². The normalized spacial score (nSPS) is 11.8. The summed E-state index contributed by atoms with van der Waals surface area (Å²) >= 11 is 0. The molecule has 1 aromatic heterocycles. The second-order valence-corrected chi connectivity index (χ2v) is 6.06. The second kappa shape index (κ2) is 7.14. The Labute approximate surface area is 136 Å². The SMILES string of the molecule is CCOC(=O)/C(C#N)=C/c1[nH]c(C(=O)OC(C)(C)C)c(C)c1C. The first kappa shape index (κ1) is 18.5. The lowest BCUT2D eigenvalue weighted by Gasteiger charge is -2.19. The molecule has 6 heteroatoms. The largest absolute Gasteiger partial charge is 0.462 e. The van der Waals surface area contributed by atoms with Crippen LogP contribution in [0.2, 0.25) is 0 Å². The van der Waals surface area contributed by atoms with Crippen molar-refractivity contribution in [1.82, 2.24) is 4.98 Å². The number of hydrogen-bond acceptors (Lipinski definition) is 5. The molecule has 0 spiro atoms. The van der Waals surface area contributed by atoms with Crippen molar-refractivity contribution in [3.8, 4) is 6.07 Å². The van der Waals surface area contributed by atoms with Crippen LogP contribution in [-0.4, -0.2) is 29.1 Å². The van der Waals surface area contributed by atoms with Gasteiger partial charge in [-0.3, -0.25) is 0 Å². The van der Waals surface area contributed by atoms with Crippen LogP contribution in [0.4, 0.5) is 0 Å². The molecule has 1 heterocycles. The maximum absolute atomic E-state index is 12.2. The van der Waals surface area contributed by atoms with E-state index >= 15 is 0 Å². The van der Waals surface area contributed by atoms with Crippen LogP contribution in [0.5, 0.6) is 0 Å². The van der Waals surface area contributed by atoms with Gasteiger partial charge in [-0.1, -0.05) is 0 Å². The number of nitrogens with zero attached hydrogens (tertiary/aromatic N) is 1. The third-order valence-corrected chi connectivity index (χ3v) is 3.11. The Bertz CT molecular complexity index is 685. The average molecular weight is 318 g/mol. The molecule has 0 saturated heterocycles. The van der Waals surface area contributed by atoms with E-state index in [1.165, 1.54) is 6.08 Å². The van der Waals surface area contributed by atoms with Crippen molar-refractivity contribution < 1.29 is 19.1 Å². The molecule has 0 unspecified atom stereocenters. The molecule has 0 aromatic carbocycles. The summed E-state index contributed by atoms with van der Waals surface area (Å²) in [5, 5.41) is 9.09. The fourth-order valence-electron chi connectivity index (χ4n) is 1.88. The van der Waals surface area contributed by atoms with Crippen LogP contribution in [0.1, 0.15) is 55.0 Å². The van der Waals surface area contributed by atoms with E-state index in [4.69, 9.17) is 14.7 Å². The molecule has 0 aliphatic heterocycles. The Morgan fingerprint density at radius 2 is 1.87 bits per heavy atom. The van der Waals surface area contributed by atoms with Crippen LogP contribution in [-0.2, 0) is 14.3 Å². The van der Waals surface area contributed by atoms with E-state index in [-0.39, 0.29) is 12.2 Å². The van der Waals surface area contributed by atoms with Gasteiger partial charge in [-0.2, -0.15) is 5.26 Å². The number of H-pyrrole nitrogens is 1. The first-order valence-corrected chi connectivity index (χ1v) is 7.32. The first-order valence-electron chi connectivity index (χ1n) is 7.32. The standard InChI is InChI=1S/C17H22N2O4/c1-7-22-15(20)12(9-18)8-13-10(2)11(3)14(19-13)16(21)23-17(4,5)6/h8,19H,7H2,1-6H3/b12-8+. The van der Waals surface area contributed by atoms with Gasteiger partial charge >= 0.3 is 11.9 Å². The molecule has 1 rings (SSSR count). The summed E-state index contributed by atoms with van der Waals surface area (Å²) in [6, 6.07) is 1.81. The highest BCUT2D eigenvalue weighted by Crippen LogP contribution is 2.22. The Hall–Kier alpha value is -2.55. The zero-order chi connectivity index (χ0) is 17.8. The average Bonchev–Trinajstić information content (AvgIpc) is 2.71. The number of rotatable bonds is 4. The van der Waals surface area contributed by atoms with Crippen molar-refractivity contribution in [2.75, 3.05) is 6.61 Å². The van der Waals surface area contributed by atoms with Crippen LogP contribution in [0.25, 0.3) is 6.08 Å². The lowest BCUT2D eigenvalue weighted by Crippen LogP contribution is -2.24. The van der Waals surface area contributed by atoms with E-state index in [0.29, 0.717) is 17.0 Å². The fourth-order valence-corrected chi connectivity index (χ4v) is 1.88. The van der Waals surface area contributed by atoms with Crippen molar-refractivity contribution in [3.05, 3.63) is 28.1 Å². The minimum Gasteiger partial charge on any atom is -0.462 e. The number of carbonyl (C=O) groups is 2. The molecule has 0 amide bonds. The number of nitrogens with one attached hydrogen (secondary N) is 1. The third-order valence-electron chi connectivity index (χ3n) is 3.11. The van der Waals surface area contributed by atoms with E-state index in [0.717, 1.165) is 5.56 Å². The van der Waals surface area contributed by atoms with Crippen molar-refractivity contribution in [3.63, 3.8) is 0 Å². The number of nitriles is 1. The number of aromatic amines is 1. The van der Waals surface area contributed by atoms with Crippen molar-refractivity contribution in [2.45, 2.75) is 47.1 Å². The second-order valence-electron chi connectivity index (χ2n) is 6.06. The number of carbonyl (C=O) groups excluding carboxylic acids is 2. The predicted molar refractivity (Wildman–Crippen MR) is 85.7 cm³/mol. The molecule has 23 heavy (non-hydrogen) atoms. The van der Waals surface area contributed by atoms with Crippen LogP contribution in [0.3, 0.4) is 0 Å². The van der Waals surface area contributed by atoms with Gasteiger partial charge in [0.15, 0.2) is 0 Å². The summed E-state index contributed by atoms with van der Waals surface area (Å²) in [5.41, 5.74) is 1.56. The molecule has 0 aliphatic carbocycles. The summed E-state index contributed by atoms with van der Waals surface area (Å²) in [7, 11) is 0. The quantitative estimate of drug-likeness (QED) is 0.523. The highest BCUT2D eigenvalue weighted by atomic mass is 16.6. The van der Waals surface area contributed by atoms with Crippen molar-refractivity contribution in [2.24, 2.45) is 0 Å². The Kier molecular flexibility index (Phi) is 5.74. The first-order chi connectivity index (χ1) is 10.6. The molecule has 124 valence electrons.